The van der Waals surface area contributed by atoms with Crippen molar-refractivity contribution in [3.05, 3.63) is 47.5 Å². The normalized spacial score (nSPS) is 18.2. The number of H-pyrrole nitrogens is 1. The average molecular weight is 281 g/mol. The molecule has 2 N–H and O–H groups in total. The van der Waals surface area contributed by atoms with Gasteiger partial charge in [0.05, 0.1) is 0 Å². The Bertz CT molecular complexity index is 853. The van der Waals surface area contributed by atoms with E-state index in [2.05, 4.69) is 27.4 Å². The highest BCUT2D eigenvalue weighted by Gasteiger charge is 2.17. The second-order valence-corrected chi connectivity index (χ2v) is 5.67. The van der Waals surface area contributed by atoms with E-state index in [0.29, 0.717) is 0 Å². The second kappa shape index (κ2) is 4.38. The van der Waals surface area contributed by atoms with Crippen molar-refractivity contribution in [2.24, 2.45) is 0 Å². The van der Waals surface area contributed by atoms with Crippen LogP contribution < -0.4 is 5.32 Å². The molecule has 4 rings (SSSR count). The first-order valence-electron chi connectivity index (χ1n) is 6.29. The third kappa shape index (κ3) is 1.71. The number of pyridine rings is 1. The summed E-state index contributed by atoms with van der Waals surface area (Å²) in [5.74, 6) is 0. The summed E-state index contributed by atoms with van der Waals surface area (Å²) in [7, 11) is 0. The van der Waals surface area contributed by atoms with Crippen molar-refractivity contribution in [3.63, 3.8) is 0 Å². The summed E-state index contributed by atoms with van der Waals surface area (Å²) in [6.07, 6.45) is 2.70. The third-order valence-electron chi connectivity index (χ3n) is 3.44. The number of benzene rings is 1. The Labute approximate surface area is 119 Å². The van der Waals surface area contributed by atoms with Crippen molar-refractivity contribution in [1.29, 1.82) is 0 Å². The van der Waals surface area contributed by atoms with Crippen LogP contribution in [-0.4, -0.2) is 21.6 Å². The van der Waals surface area contributed by atoms with Gasteiger partial charge in [0.15, 0.2) is 6.29 Å². The molecule has 3 aromatic rings. The van der Waals surface area contributed by atoms with E-state index in [-0.39, 0.29) is 5.37 Å². The first-order valence-corrected chi connectivity index (χ1v) is 7.24. The van der Waals surface area contributed by atoms with Crippen LogP contribution in [0.4, 0.5) is 0 Å². The Morgan fingerprint density at radius 3 is 3.05 bits per heavy atom. The van der Waals surface area contributed by atoms with Gasteiger partial charge in [0, 0.05) is 28.2 Å². The van der Waals surface area contributed by atoms with Gasteiger partial charge in [-0.25, -0.2) is 4.98 Å². The Balaban J connectivity index is 1.86. The minimum absolute atomic E-state index is 0.176. The Morgan fingerprint density at radius 2 is 2.20 bits per heavy atom. The van der Waals surface area contributed by atoms with Gasteiger partial charge in [0.25, 0.3) is 0 Å². The van der Waals surface area contributed by atoms with Gasteiger partial charge in [-0.05, 0) is 35.2 Å². The molecule has 0 bridgehead atoms. The molecule has 0 fully saturated rings. The van der Waals surface area contributed by atoms with Crippen LogP contribution in [0.15, 0.2) is 41.9 Å². The standard InChI is InChI=1S/C15H11N3OS/c19-7-14-17-13(8-20-14)9-3-4-12-11(6-9)10-2-1-5-16-15(10)18-12/h1-8,14,17H,(H,16,18). The summed E-state index contributed by atoms with van der Waals surface area (Å²) < 4.78 is 0. The van der Waals surface area contributed by atoms with Crippen LogP contribution in [0.2, 0.25) is 0 Å². The van der Waals surface area contributed by atoms with E-state index in [1.807, 2.05) is 23.6 Å². The van der Waals surface area contributed by atoms with Crippen LogP contribution >= 0.6 is 11.8 Å². The fourth-order valence-electron chi connectivity index (χ4n) is 2.47. The fourth-order valence-corrected chi connectivity index (χ4v) is 3.22. The largest absolute Gasteiger partial charge is 0.366 e. The van der Waals surface area contributed by atoms with Crippen LogP contribution in [0.1, 0.15) is 5.56 Å². The smallest absolute Gasteiger partial charge is 0.152 e. The molecule has 1 unspecified atom stereocenters. The van der Waals surface area contributed by atoms with Gasteiger partial charge in [-0.2, -0.15) is 0 Å². The predicted molar refractivity (Wildman–Crippen MR) is 82.2 cm³/mol. The van der Waals surface area contributed by atoms with Crippen molar-refractivity contribution >= 4 is 45.7 Å². The summed E-state index contributed by atoms with van der Waals surface area (Å²) in [5.41, 5.74) is 4.04. The highest BCUT2D eigenvalue weighted by Crippen LogP contribution is 2.30. The molecule has 1 aliphatic heterocycles. The van der Waals surface area contributed by atoms with Gasteiger partial charge < -0.3 is 15.1 Å². The molecular weight excluding hydrogens is 270 g/mol. The molecule has 5 heteroatoms. The molecule has 3 heterocycles. The number of aldehydes is 1. The molecular formula is C15H11N3OS. The number of carbonyl (C=O) groups excluding carboxylic acids is 1. The lowest BCUT2D eigenvalue weighted by Crippen LogP contribution is -2.20. The molecule has 0 aliphatic carbocycles. The van der Waals surface area contributed by atoms with Crippen molar-refractivity contribution in [1.82, 2.24) is 15.3 Å². The number of hydrogen-bond donors (Lipinski definition) is 2. The average Bonchev–Trinajstić information content (AvgIpc) is 3.11. The fraction of sp³-hybridized carbons (Fsp3) is 0.0667. The Kier molecular flexibility index (Phi) is 2.53. The van der Waals surface area contributed by atoms with Gasteiger partial charge in [0.2, 0.25) is 0 Å². The van der Waals surface area contributed by atoms with Crippen molar-refractivity contribution in [2.45, 2.75) is 5.37 Å². The van der Waals surface area contributed by atoms with Gasteiger partial charge >= 0.3 is 0 Å². The van der Waals surface area contributed by atoms with E-state index >= 15 is 0 Å². The predicted octanol–water partition coefficient (Wildman–Crippen LogP) is 2.88. The zero-order valence-corrected chi connectivity index (χ0v) is 11.3. The summed E-state index contributed by atoms with van der Waals surface area (Å²) in [6.45, 7) is 0. The quantitative estimate of drug-likeness (QED) is 0.709. The maximum absolute atomic E-state index is 10.8. The van der Waals surface area contributed by atoms with Crippen LogP contribution in [-0.2, 0) is 4.79 Å². The van der Waals surface area contributed by atoms with Gasteiger partial charge in [0.1, 0.15) is 11.0 Å². The van der Waals surface area contributed by atoms with E-state index < -0.39 is 0 Å². The molecule has 0 radical (unpaired) electrons. The SMILES string of the molecule is O=CC1NC(c2ccc3[nH]c4ncccc4c3c2)=CS1. The Morgan fingerprint density at radius 1 is 1.25 bits per heavy atom. The lowest BCUT2D eigenvalue weighted by atomic mass is 10.1. The lowest BCUT2D eigenvalue weighted by molar-refractivity contribution is -0.107. The molecule has 0 saturated heterocycles. The maximum Gasteiger partial charge on any atom is 0.152 e. The minimum Gasteiger partial charge on any atom is -0.366 e. The van der Waals surface area contributed by atoms with E-state index in [1.165, 1.54) is 11.8 Å². The summed E-state index contributed by atoms with van der Waals surface area (Å²) in [6, 6.07) is 10.2. The van der Waals surface area contributed by atoms with E-state index in [9.17, 15) is 4.79 Å². The van der Waals surface area contributed by atoms with E-state index in [4.69, 9.17) is 0 Å². The summed E-state index contributed by atoms with van der Waals surface area (Å²) in [4.78, 5) is 18.4. The van der Waals surface area contributed by atoms with Crippen LogP contribution in [0.3, 0.4) is 0 Å². The summed E-state index contributed by atoms with van der Waals surface area (Å²) in [5, 5.41) is 7.27. The van der Waals surface area contributed by atoms with Crippen molar-refractivity contribution < 1.29 is 4.79 Å². The number of nitrogens with zero attached hydrogens (tertiary/aromatic N) is 1. The zero-order valence-electron chi connectivity index (χ0n) is 10.5. The molecule has 1 atom stereocenters. The van der Waals surface area contributed by atoms with Gasteiger partial charge in [-0.3, -0.25) is 0 Å². The second-order valence-electron chi connectivity index (χ2n) is 4.65. The molecule has 2 aromatic heterocycles. The Hall–Kier alpha value is -2.27. The van der Waals surface area contributed by atoms with Crippen LogP contribution in [0, 0.1) is 0 Å². The third-order valence-corrected chi connectivity index (χ3v) is 4.33. The maximum atomic E-state index is 10.8. The van der Waals surface area contributed by atoms with Crippen molar-refractivity contribution in [3.8, 4) is 0 Å². The number of thioether (sulfide) groups is 1. The molecule has 1 aliphatic rings. The zero-order chi connectivity index (χ0) is 13.5. The number of fused-ring (bicyclic) bond motifs is 3. The molecule has 20 heavy (non-hydrogen) atoms. The highest BCUT2D eigenvalue weighted by molar-refractivity contribution is 8.03. The van der Waals surface area contributed by atoms with Crippen molar-refractivity contribution in [2.75, 3.05) is 0 Å². The van der Waals surface area contributed by atoms with Crippen LogP contribution in [0.25, 0.3) is 27.6 Å². The highest BCUT2D eigenvalue weighted by atomic mass is 32.2. The molecule has 4 nitrogen and oxygen atoms in total. The van der Waals surface area contributed by atoms with Gasteiger partial charge in [-0.1, -0.05) is 17.8 Å². The lowest BCUT2D eigenvalue weighted by Gasteiger charge is -2.07. The minimum atomic E-state index is -0.176. The number of nitrogens with one attached hydrogen (secondary N) is 2. The molecule has 0 amide bonds. The molecule has 0 saturated carbocycles. The number of carbonyl (C=O) groups is 1. The first-order chi connectivity index (χ1) is 9.85. The molecule has 98 valence electrons. The number of rotatable bonds is 2. The summed E-state index contributed by atoms with van der Waals surface area (Å²) >= 11 is 1.50. The number of hydrogen-bond acceptors (Lipinski definition) is 4. The van der Waals surface area contributed by atoms with E-state index in [0.717, 1.165) is 39.5 Å². The van der Waals surface area contributed by atoms with E-state index in [1.54, 1.807) is 6.20 Å². The molecule has 0 spiro atoms. The van der Waals surface area contributed by atoms with Crippen LogP contribution in [0.5, 0.6) is 0 Å². The van der Waals surface area contributed by atoms with Gasteiger partial charge in [-0.15, -0.1) is 0 Å². The molecule has 1 aromatic carbocycles. The first kappa shape index (κ1) is 11.5. The number of aromatic nitrogens is 2. The topological polar surface area (TPSA) is 57.8 Å². The monoisotopic (exact) mass is 281 g/mol. The number of aromatic amines is 1.